The second kappa shape index (κ2) is 6.46. The third-order valence-electron chi connectivity index (χ3n) is 3.90. The van der Waals surface area contributed by atoms with Gasteiger partial charge in [0.05, 0.1) is 5.69 Å². The lowest BCUT2D eigenvalue weighted by atomic mass is 10.1. The predicted molar refractivity (Wildman–Crippen MR) is 96.8 cm³/mol. The molecule has 7 heteroatoms. The molecule has 0 atom stereocenters. The molecule has 1 aliphatic rings. The quantitative estimate of drug-likeness (QED) is 0.298. The summed E-state index contributed by atoms with van der Waals surface area (Å²) in [5.74, 6) is -0.548. The number of aromatic nitrogens is 2. The SMILES string of the molecule is O=C(/C=C/c1ccc2c(c1)Cc1sc(Nc3ccncc3)nc1-2)NO. The minimum absolute atomic E-state index is 0.548. The van der Waals surface area contributed by atoms with E-state index >= 15 is 0 Å². The Labute approximate surface area is 147 Å². The Hall–Kier alpha value is -3.03. The Kier molecular flexibility index (Phi) is 4.01. The Bertz CT molecular complexity index is 966. The van der Waals surface area contributed by atoms with Gasteiger partial charge in [0.1, 0.15) is 0 Å². The molecule has 4 rings (SSSR count). The van der Waals surface area contributed by atoms with Gasteiger partial charge in [-0.25, -0.2) is 10.5 Å². The molecule has 1 amide bonds. The number of benzene rings is 1. The van der Waals surface area contributed by atoms with E-state index in [1.807, 2.05) is 30.3 Å². The summed E-state index contributed by atoms with van der Waals surface area (Å²) in [6, 6.07) is 9.81. The molecule has 3 N–H and O–H groups in total. The van der Waals surface area contributed by atoms with Gasteiger partial charge in [-0.1, -0.05) is 18.2 Å². The van der Waals surface area contributed by atoms with Crippen LogP contribution in [-0.4, -0.2) is 21.1 Å². The van der Waals surface area contributed by atoms with Crippen LogP contribution >= 0.6 is 11.3 Å². The van der Waals surface area contributed by atoms with E-state index < -0.39 is 5.91 Å². The van der Waals surface area contributed by atoms with Crippen molar-refractivity contribution in [1.82, 2.24) is 15.4 Å². The summed E-state index contributed by atoms with van der Waals surface area (Å²) in [6.07, 6.45) is 7.27. The summed E-state index contributed by atoms with van der Waals surface area (Å²) in [5, 5.41) is 12.7. The molecule has 1 aliphatic carbocycles. The maximum absolute atomic E-state index is 11.1. The summed E-state index contributed by atoms with van der Waals surface area (Å²) in [6.45, 7) is 0. The number of amides is 1. The number of rotatable bonds is 4. The van der Waals surface area contributed by atoms with E-state index in [0.717, 1.165) is 34.1 Å². The standard InChI is InChI=1S/C18H14N4O2S/c23-16(22-24)4-2-11-1-3-14-12(9-11)10-15-17(14)21-18(25-15)20-13-5-7-19-8-6-13/h1-9,24H,10H2,(H,22,23)(H,19,20,21)/b4-2+. The Morgan fingerprint density at radius 1 is 1.24 bits per heavy atom. The van der Waals surface area contributed by atoms with Crippen LogP contribution in [0.2, 0.25) is 0 Å². The van der Waals surface area contributed by atoms with Crippen LogP contribution in [0.1, 0.15) is 16.0 Å². The number of carbonyl (C=O) groups is 1. The first-order valence-electron chi connectivity index (χ1n) is 7.65. The highest BCUT2D eigenvalue weighted by Crippen LogP contribution is 2.42. The molecule has 0 bridgehead atoms. The molecule has 0 radical (unpaired) electrons. The van der Waals surface area contributed by atoms with Crippen molar-refractivity contribution in [2.75, 3.05) is 5.32 Å². The number of hydrogen-bond acceptors (Lipinski definition) is 6. The lowest BCUT2D eigenvalue weighted by molar-refractivity contribution is -0.124. The van der Waals surface area contributed by atoms with Crippen LogP contribution in [0.4, 0.5) is 10.8 Å². The van der Waals surface area contributed by atoms with E-state index in [1.165, 1.54) is 16.5 Å². The number of pyridine rings is 1. The average Bonchev–Trinajstić information content (AvgIpc) is 3.17. The van der Waals surface area contributed by atoms with Crippen molar-refractivity contribution in [2.45, 2.75) is 6.42 Å². The molecule has 0 spiro atoms. The molecule has 0 fully saturated rings. The van der Waals surface area contributed by atoms with Crippen LogP contribution < -0.4 is 10.8 Å². The number of hydroxylamine groups is 1. The van der Waals surface area contributed by atoms with Crippen LogP contribution in [0.15, 0.2) is 48.8 Å². The average molecular weight is 350 g/mol. The number of fused-ring (bicyclic) bond motifs is 3. The molecular weight excluding hydrogens is 336 g/mol. The van der Waals surface area contributed by atoms with E-state index in [4.69, 9.17) is 10.2 Å². The molecule has 0 saturated heterocycles. The van der Waals surface area contributed by atoms with E-state index in [9.17, 15) is 4.79 Å². The van der Waals surface area contributed by atoms with Crippen molar-refractivity contribution in [2.24, 2.45) is 0 Å². The van der Waals surface area contributed by atoms with Gasteiger partial charge in [-0.15, -0.1) is 11.3 Å². The summed E-state index contributed by atoms with van der Waals surface area (Å²) in [4.78, 5) is 21.0. The van der Waals surface area contributed by atoms with Crippen molar-refractivity contribution in [3.63, 3.8) is 0 Å². The fourth-order valence-corrected chi connectivity index (χ4v) is 3.79. The zero-order valence-corrected chi connectivity index (χ0v) is 13.9. The Morgan fingerprint density at radius 3 is 2.88 bits per heavy atom. The largest absolute Gasteiger partial charge is 0.331 e. The number of carbonyl (C=O) groups excluding carboxylic acids is 1. The Balaban J connectivity index is 1.57. The molecule has 3 aromatic rings. The number of nitrogens with zero attached hydrogens (tertiary/aromatic N) is 2. The lowest BCUT2D eigenvalue weighted by Crippen LogP contribution is -2.14. The molecule has 2 aromatic heterocycles. The zero-order valence-electron chi connectivity index (χ0n) is 13.1. The topological polar surface area (TPSA) is 87.1 Å². The summed E-state index contributed by atoms with van der Waals surface area (Å²) < 4.78 is 0. The smallest absolute Gasteiger partial charge is 0.267 e. The second-order valence-corrected chi connectivity index (χ2v) is 6.64. The van der Waals surface area contributed by atoms with Crippen LogP contribution in [0.3, 0.4) is 0 Å². The van der Waals surface area contributed by atoms with Crippen LogP contribution in [0.25, 0.3) is 17.3 Å². The molecule has 6 nitrogen and oxygen atoms in total. The normalized spacial score (nSPS) is 12.0. The van der Waals surface area contributed by atoms with E-state index in [2.05, 4.69) is 10.3 Å². The highest BCUT2D eigenvalue weighted by atomic mass is 32.1. The summed E-state index contributed by atoms with van der Waals surface area (Å²) in [5.41, 5.74) is 6.78. The molecule has 2 heterocycles. The summed E-state index contributed by atoms with van der Waals surface area (Å²) >= 11 is 1.64. The fraction of sp³-hybridized carbons (Fsp3) is 0.0556. The monoisotopic (exact) mass is 350 g/mol. The summed E-state index contributed by atoms with van der Waals surface area (Å²) in [7, 11) is 0. The lowest BCUT2D eigenvalue weighted by Gasteiger charge is -2.03. The highest BCUT2D eigenvalue weighted by molar-refractivity contribution is 7.16. The maximum Gasteiger partial charge on any atom is 0.267 e. The van der Waals surface area contributed by atoms with Gasteiger partial charge in [0, 0.05) is 41.0 Å². The van der Waals surface area contributed by atoms with Crippen LogP contribution in [0.5, 0.6) is 0 Å². The highest BCUT2D eigenvalue weighted by Gasteiger charge is 2.23. The maximum atomic E-state index is 11.1. The molecule has 0 saturated carbocycles. The molecular formula is C18H14N4O2S. The van der Waals surface area contributed by atoms with Crippen molar-refractivity contribution >= 4 is 34.1 Å². The van der Waals surface area contributed by atoms with Gasteiger partial charge in [0.2, 0.25) is 0 Å². The van der Waals surface area contributed by atoms with Gasteiger partial charge >= 0.3 is 0 Å². The van der Waals surface area contributed by atoms with Gasteiger partial charge in [-0.05, 0) is 29.3 Å². The van der Waals surface area contributed by atoms with E-state index in [0.29, 0.717) is 0 Å². The van der Waals surface area contributed by atoms with Gasteiger partial charge in [-0.2, -0.15) is 0 Å². The minimum Gasteiger partial charge on any atom is -0.331 e. The van der Waals surface area contributed by atoms with Crippen molar-refractivity contribution < 1.29 is 10.0 Å². The van der Waals surface area contributed by atoms with Crippen LogP contribution in [-0.2, 0) is 11.2 Å². The van der Waals surface area contributed by atoms with Crippen molar-refractivity contribution in [1.29, 1.82) is 0 Å². The number of thiazole rings is 1. The first kappa shape index (κ1) is 15.5. The molecule has 0 unspecified atom stereocenters. The van der Waals surface area contributed by atoms with E-state index in [-0.39, 0.29) is 0 Å². The van der Waals surface area contributed by atoms with E-state index in [1.54, 1.807) is 35.3 Å². The van der Waals surface area contributed by atoms with Crippen molar-refractivity contribution in [3.05, 3.63) is 64.8 Å². The van der Waals surface area contributed by atoms with Gasteiger partial charge < -0.3 is 5.32 Å². The first-order chi connectivity index (χ1) is 12.2. The van der Waals surface area contributed by atoms with Gasteiger partial charge in [-0.3, -0.25) is 15.0 Å². The third-order valence-corrected chi connectivity index (χ3v) is 4.87. The molecule has 1 aromatic carbocycles. The first-order valence-corrected chi connectivity index (χ1v) is 8.47. The van der Waals surface area contributed by atoms with Gasteiger partial charge in [0.25, 0.3) is 5.91 Å². The number of anilines is 2. The van der Waals surface area contributed by atoms with Crippen LogP contribution in [0, 0.1) is 0 Å². The number of nitrogens with one attached hydrogen (secondary N) is 2. The fourth-order valence-electron chi connectivity index (χ4n) is 2.77. The Morgan fingerprint density at radius 2 is 2.08 bits per heavy atom. The predicted octanol–water partition coefficient (Wildman–Crippen LogP) is 3.37. The molecule has 124 valence electrons. The van der Waals surface area contributed by atoms with Crippen molar-refractivity contribution in [3.8, 4) is 11.3 Å². The molecule has 25 heavy (non-hydrogen) atoms. The number of hydrogen-bond donors (Lipinski definition) is 3. The second-order valence-electron chi connectivity index (χ2n) is 5.55. The zero-order chi connectivity index (χ0) is 17.2. The molecule has 0 aliphatic heterocycles. The minimum atomic E-state index is -0.548. The third kappa shape index (κ3) is 3.15. The van der Waals surface area contributed by atoms with Gasteiger partial charge in [0.15, 0.2) is 5.13 Å².